The van der Waals surface area contributed by atoms with Crippen LogP contribution in [0.3, 0.4) is 0 Å². The molecule has 4 nitrogen and oxygen atoms in total. The molecule has 5 heteroatoms. The Morgan fingerprint density at radius 2 is 2.20 bits per heavy atom. The van der Waals surface area contributed by atoms with Crippen LogP contribution in [0.4, 0.5) is 5.69 Å². The summed E-state index contributed by atoms with van der Waals surface area (Å²) in [5.41, 5.74) is 6.07. The zero-order chi connectivity index (χ0) is 14.2. The highest BCUT2D eigenvalue weighted by Gasteiger charge is 2.45. The first-order valence-electron chi connectivity index (χ1n) is 7.17. The Morgan fingerprint density at radius 3 is 2.95 bits per heavy atom. The zero-order valence-electron chi connectivity index (χ0n) is 11.4. The van der Waals surface area contributed by atoms with Gasteiger partial charge in [0, 0.05) is 22.7 Å². The summed E-state index contributed by atoms with van der Waals surface area (Å²) < 4.78 is 0.967. The topological polar surface area (TPSA) is 58.4 Å². The first-order chi connectivity index (χ1) is 9.61. The van der Waals surface area contributed by atoms with Crippen LogP contribution >= 0.6 is 15.9 Å². The molecule has 2 saturated heterocycles. The molecule has 0 aliphatic carbocycles. The monoisotopic (exact) mass is 337 g/mol. The molecule has 2 aliphatic rings. The predicted octanol–water partition coefficient (Wildman–Crippen LogP) is 2.34. The second kappa shape index (κ2) is 5.37. The highest BCUT2D eigenvalue weighted by atomic mass is 79.9. The summed E-state index contributed by atoms with van der Waals surface area (Å²) in [6.07, 6.45) is 3.99. The summed E-state index contributed by atoms with van der Waals surface area (Å²) in [4.78, 5) is 14.6. The summed E-state index contributed by atoms with van der Waals surface area (Å²) in [7, 11) is 0. The molecule has 0 saturated carbocycles. The third-order valence-electron chi connectivity index (χ3n) is 4.63. The number of benzene rings is 1. The fourth-order valence-corrected chi connectivity index (χ4v) is 3.86. The van der Waals surface area contributed by atoms with Crippen molar-refractivity contribution in [3.63, 3.8) is 0 Å². The molecule has 1 aromatic carbocycles. The normalized spacial score (nSPS) is 29.9. The molecule has 108 valence electrons. The van der Waals surface area contributed by atoms with Gasteiger partial charge in [-0.2, -0.15) is 0 Å². The van der Waals surface area contributed by atoms with E-state index >= 15 is 0 Å². The third-order valence-corrected chi connectivity index (χ3v) is 5.32. The van der Waals surface area contributed by atoms with Crippen LogP contribution in [-0.2, 0) is 4.79 Å². The van der Waals surface area contributed by atoms with Crippen LogP contribution in [0.2, 0.25) is 0 Å². The van der Waals surface area contributed by atoms with Crippen LogP contribution in [-0.4, -0.2) is 35.5 Å². The number of anilines is 1. The lowest BCUT2D eigenvalue weighted by molar-refractivity contribution is -0.124. The number of amides is 1. The van der Waals surface area contributed by atoms with E-state index in [2.05, 4.69) is 26.1 Å². The second-order valence-corrected chi connectivity index (χ2v) is 6.69. The highest BCUT2D eigenvalue weighted by molar-refractivity contribution is 9.10. The molecule has 0 aromatic heterocycles. The van der Waals surface area contributed by atoms with E-state index in [-0.39, 0.29) is 5.91 Å². The van der Waals surface area contributed by atoms with E-state index in [0.29, 0.717) is 6.04 Å². The maximum absolute atomic E-state index is 12.1. The summed E-state index contributed by atoms with van der Waals surface area (Å²) in [6, 6.07) is 8.38. The van der Waals surface area contributed by atoms with Crippen molar-refractivity contribution >= 4 is 27.5 Å². The molecule has 1 amide bonds. The Morgan fingerprint density at radius 1 is 1.40 bits per heavy atom. The van der Waals surface area contributed by atoms with Crippen LogP contribution in [0, 0.1) is 0 Å². The van der Waals surface area contributed by atoms with Gasteiger partial charge in [0.05, 0.1) is 0 Å². The maximum Gasteiger partial charge on any atom is 0.243 e. The van der Waals surface area contributed by atoms with Gasteiger partial charge in [-0.3, -0.25) is 4.79 Å². The molecular weight excluding hydrogens is 318 g/mol. The number of halogens is 1. The SMILES string of the molecule is NC(=O)C1(Nc2ccccc2Br)CCN2CCCC2C1. The number of nitrogens with zero attached hydrogens (tertiary/aromatic N) is 1. The van der Waals surface area contributed by atoms with Gasteiger partial charge in [-0.1, -0.05) is 12.1 Å². The van der Waals surface area contributed by atoms with Crippen molar-refractivity contribution in [1.29, 1.82) is 0 Å². The number of piperidine rings is 1. The van der Waals surface area contributed by atoms with E-state index in [1.165, 1.54) is 12.8 Å². The lowest BCUT2D eigenvalue weighted by Crippen LogP contribution is -2.59. The number of nitrogens with one attached hydrogen (secondary N) is 1. The minimum Gasteiger partial charge on any atom is -0.370 e. The van der Waals surface area contributed by atoms with Crippen LogP contribution in [0.5, 0.6) is 0 Å². The van der Waals surface area contributed by atoms with Crippen molar-refractivity contribution in [3.05, 3.63) is 28.7 Å². The molecule has 0 spiro atoms. The van der Waals surface area contributed by atoms with Gasteiger partial charge in [-0.05, 0) is 60.3 Å². The summed E-state index contributed by atoms with van der Waals surface area (Å²) >= 11 is 3.53. The summed E-state index contributed by atoms with van der Waals surface area (Å²) in [6.45, 7) is 2.11. The number of carbonyl (C=O) groups is 1. The number of nitrogens with two attached hydrogens (primary N) is 1. The Kier molecular flexibility index (Phi) is 3.73. The van der Waals surface area contributed by atoms with Gasteiger partial charge in [0.15, 0.2) is 0 Å². The number of primary amides is 1. The zero-order valence-corrected chi connectivity index (χ0v) is 13.0. The number of fused-ring (bicyclic) bond motifs is 1. The molecule has 20 heavy (non-hydrogen) atoms. The number of carbonyl (C=O) groups excluding carboxylic acids is 1. The van der Waals surface area contributed by atoms with Crippen molar-refractivity contribution in [3.8, 4) is 0 Å². The Bertz CT molecular complexity index is 522. The second-order valence-electron chi connectivity index (χ2n) is 5.84. The average molecular weight is 338 g/mol. The Labute approximate surface area is 127 Å². The molecule has 2 fully saturated rings. The third kappa shape index (κ3) is 2.44. The first-order valence-corrected chi connectivity index (χ1v) is 7.97. The number of para-hydroxylation sites is 1. The van der Waals surface area contributed by atoms with E-state index < -0.39 is 5.54 Å². The maximum atomic E-state index is 12.1. The minimum absolute atomic E-state index is 0.236. The van der Waals surface area contributed by atoms with E-state index in [0.717, 1.165) is 36.1 Å². The van der Waals surface area contributed by atoms with Gasteiger partial charge < -0.3 is 16.0 Å². The molecule has 1 aromatic rings. The van der Waals surface area contributed by atoms with Gasteiger partial charge in [-0.15, -0.1) is 0 Å². The quantitative estimate of drug-likeness (QED) is 0.889. The lowest BCUT2D eigenvalue weighted by atomic mass is 9.82. The van der Waals surface area contributed by atoms with E-state index in [9.17, 15) is 4.79 Å². The molecule has 2 atom stereocenters. The summed E-state index contributed by atoms with van der Waals surface area (Å²) in [5.74, 6) is -0.236. The molecule has 2 heterocycles. The fourth-order valence-electron chi connectivity index (χ4n) is 3.48. The predicted molar refractivity (Wildman–Crippen MR) is 83.5 cm³/mol. The Hall–Kier alpha value is -1.07. The van der Waals surface area contributed by atoms with Crippen molar-refractivity contribution in [1.82, 2.24) is 4.90 Å². The molecule has 0 bridgehead atoms. The standard InChI is InChI=1S/C15H20BrN3O/c16-12-5-1-2-6-13(12)18-15(14(17)20)7-9-19-8-3-4-11(19)10-15/h1-2,5-6,11,18H,3-4,7-10H2,(H2,17,20). The van der Waals surface area contributed by atoms with E-state index in [4.69, 9.17) is 5.73 Å². The molecule has 3 N–H and O–H groups in total. The molecule has 3 rings (SSSR count). The minimum atomic E-state index is -0.616. The molecular formula is C15H20BrN3O. The van der Waals surface area contributed by atoms with Crippen LogP contribution in [0.25, 0.3) is 0 Å². The van der Waals surface area contributed by atoms with Gasteiger partial charge in [-0.25, -0.2) is 0 Å². The molecule has 2 unspecified atom stereocenters. The van der Waals surface area contributed by atoms with Gasteiger partial charge in [0.2, 0.25) is 5.91 Å². The molecule has 0 radical (unpaired) electrons. The van der Waals surface area contributed by atoms with Crippen molar-refractivity contribution in [2.24, 2.45) is 5.73 Å². The number of rotatable bonds is 3. The van der Waals surface area contributed by atoms with Crippen molar-refractivity contribution in [2.75, 3.05) is 18.4 Å². The number of hydrogen-bond donors (Lipinski definition) is 2. The van der Waals surface area contributed by atoms with Crippen molar-refractivity contribution < 1.29 is 4.79 Å². The van der Waals surface area contributed by atoms with Gasteiger partial charge in [0.1, 0.15) is 5.54 Å². The Balaban J connectivity index is 1.85. The highest BCUT2D eigenvalue weighted by Crippen LogP contribution is 2.36. The van der Waals surface area contributed by atoms with E-state index in [1.54, 1.807) is 0 Å². The van der Waals surface area contributed by atoms with E-state index in [1.807, 2.05) is 24.3 Å². The van der Waals surface area contributed by atoms with Crippen LogP contribution < -0.4 is 11.1 Å². The smallest absolute Gasteiger partial charge is 0.243 e. The molecule has 2 aliphatic heterocycles. The fraction of sp³-hybridized carbons (Fsp3) is 0.533. The van der Waals surface area contributed by atoms with Gasteiger partial charge >= 0.3 is 0 Å². The first kappa shape index (κ1) is 13.9. The van der Waals surface area contributed by atoms with Gasteiger partial charge in [0.25, 0.3) is 0 Å². The number of hydrogen-bond acceptors (Lipinski definition) is 3. The average Bonchev–Trinajstić information content (AvgIpc) is 2.88. The summed E-state index contributed by atoms with van der Waals surface area (Å²) in [5, 5.41) is 3.43. The largest absolute Gasteiger partial charge is 0.370 e. The van der Waals surface area contributed by atoms with Crippen LogP contribution in [0.1, 0.15) is 25.7 Å². The van der Waals surface area contributed by atoms with Crippen molar-refractivity contribution in [2.45, 2.75) is 37.3 Å². The lowest BCUT2D eigenvalue weighted by Gasteiger charge is -2.43. The van der Waals surface area contributed by atoms with Crippen LogP contribution in [0.15, 0.2) is 28.7 Å².